The molecule has 1 aliphatic heterocycles. The molecule has 5 nitrogen and oxygen atoms in total. The molecule has 0 aromatic carbocycles. The predicted molar refractivity (Wildman–Crippen MR) is 77.9 cm³/mol. The minimum atomic E-state index is -0.817. The third kappa shape index (κ3) is 3.51. The lowest BCUT2D eigenvalue weighted by Crippen LogP contribution is -2.54. The fourth-order valence-corrected chi connectivity index (χ4v) is 3.32. The maximum Gasteiger partial charge on any atom is 0.323 e. The lowest BCUT2D eigenvalue weighted by atomic mass is 9.96. The first-order chi connectivity index (χ1) is 9.57. The Balaban J connectivity index is 1.89. The molecule has 0 radical (unpaired) electrons. The van der Waals surface area contributed by atoms with Crippen molar-refractivity contribution in [1.29, 1.82) is 0 Å². The highest BCUT2D eigenvalue weighted by molar-refractivity contribution is 5.78. The molecule has 3 unspecified atom stereocenters. The van der Waals surface area contributed by atoms with E-state index in [9.17, 15) is 9.90 Å². The van der Waals surface area contributed by atoms with Crippen LogP contribution in [0.25, 0.3) is 0 Å². The molecule has 0 aromatic rings. The summed E-state index contributed by atoms with van der Waals surface area (Å²) in [5.41, 5.74) is -0.817. The molecule has 2 rings (SSSR count). The van der Waals surface area contributed by atoms with Crippen molar-refractivity contribution >= 4 is 5.97 Å². The van der Waals surface area contributed by atoms with Gasteiger partial charge in [-0.3, -0.25) is 9.69 Å². The van der Waals surface area contributed by atoms with Gasteiger partial charge in [-0.1, -0.05) is 6.92 Å². The third-order valence-electron chi connectivity index (χ3n) is 4.73. The van der Waals surface area contributed by atoms with Gasteiger partial charge in [0.1, 0.15) is 5.54 Å². The van der Waals surface area contributed by atoms with E-state index in [1.807, 2.05) is 0 Å². The fourth-order valence-electron chi connectivity index (χ4n) is 3.32. The first-order valence-electron chi connectivity index (χ1n) is 7.91. The molecule has 116 valence electrons. The average Bonchev–Trinajstić information content (AvgIpc) is 2.91. The van der Waals surface area contributed by atoms with E-state index in [0.717, 1.165) is 39.1 Å². The number of carboxylic acid groups (broad SMARTS) is 1. The molecule has 2 N–H and O–H groups in total. The quantitative estimate of drug-likeness (QED) is 0.741. The summed E-state index contributed by atoms with van der Waals surface area (Å²) in [4.78, 5) is 14.0. The summed E-state index contributed by atoms with van der Waals surface area (Å²) in [5, 5.41) is 12.7. The number of fused-ring (bicyclic) bond motifs is 1. The van der Waals surface area contributed by atoms with Gasteiger partial charge in [-0.15, -0.1) is 0 Å². The highest BCUT2D eigenvalue weighted by Crippen LogP contribution is 2.30. The monoisotopic (exact) mass is 284 g/mol. The molecular weight excluding hydrogens is 256 g/mol. The first-order valence-corrected chi connectivity index (χ1v) is 7.91. The Labute approximate surface area is 121 Å². The molecule has 1 aliphatic carbocycles. The van der Waals surface area contributed by atoms with Gasteiger partial charge in [0.2, 0.25) is 0 Å². The van der Waals surface area contributed by atoms with Crippen LogP contribution in [0.4, 0.5) is 0 Å². The number of rotatable bonds is 7. The molecule has 0 spiro atoms. The van der Waals surface area contributed by atoms with Gasteiger partial charge < -0.3 is 15.2 Å². The molecule has 1 heterocycles. The standard InChI is InChI=1S/C15H28N2O3/c1-3-8-16-15(2,14(18)19)7-9-17-10-11-20-13-6-4-5-12(13)17/h12-13,16H,3-11H2,1-2H3,(H,18,19). The predicted octanol–water partition coefficient (Wildman–Crippen LogP) is 1.47. The summed E-state index contributed by atoms with van der Waals surface area (Å²) < 4.78 is 5.80. The zero-order valence-corrected chi connectivity index (χ0v) is 12.7. The van der Waals surface area contributed by atoms with Crippen molar-refractivity contribution in [3.8, 4) is 0 Å². The maximum atomic E-state index is 11.5. The van der Waals surface area contributed by atoms with E-state index < -0.39 is 11.5 Å². The molecule has 2 fully saturated rings. The molecule has 0 bridgehead atoms. The molecule has 20 heavy (non-hydrogen) atoms. The smallest absolute Gasteiger partial charge is 0.323 e. The van der Waals surface area contributed by atoms with Crippen molar-refractivity contribution in [3.05, 3.63) is 0 Å². The van der Waals surface area contributed by atoms with Crippen LogP contribution in [0.1, 0.15) is 46.0 Å². The zero-order valence-electron chi connectivity index (χ0n) is 12.7. The number of hydrogen-bond donors (Lipinski definition) is 2. The van der Waals surface area contributed by atoms with E-state index in [1.165, 1.54) is 12.8 Å². The second-order valence-corrected chi connectivity index (χ2v) is 6.26. The first kappa shape index (κ1) is 15.7. The van der Waals surface area contributed by atoms with Crippen LogP contribution in [0.3, 0.4) is 0 Å². The molecule has 1 saturated carbocycles. The normalized spacial score (nSPS) is 29.9. The van der Waals surface area contributed by atoms with E-state index in [0.29, 0.717) is 18.6 Å². The number of carboxylic acids is 1. The highest BCUT2D eigenvalue weighted by Gasteiger charge is 2.38. The largest absolute Gasteiger partial charge is 0.480 e. The Kier molecular flexibility index (Phi) is 5.41. The van der Waals surface area contributed by atoms with Gasteiger partial charge in [0.25, 0.3) is 0 Å². The van der Waals surface area contributed by atoms with Gasteiger partial charge in [-0.25, -0.2) is 0 Å². The van der Waals surface area contributed by atoms with Crippen molar-refractivity contribution in [2.45, 2.75) is 63.6 Å². The van der Waals surface area contributed by atoms with Crippen LogP contribution >= 0.6 is 0 Å². The summed E-state index contributed by atoms with van der Waals surface area (Å²) in [5.74, 6) is -0.748. The average molecular weight is 284 g/mol. The van der Waals surface area contributed by atoms with Crippen molar-refractivity contribution in [2.24, 2.45) is 0 Å². The lowest BCUT2D eigenvalue weighted by molar-refractivity contribution is -0.145. The molecule has 0 aromatic heterocycles. The van der Waals surface area contributed by atoms with Crippen LogP contribution in [-0.2, 0) is 9.53 Å². The topological polar surface area (TPSA) is 61.8 Å². The zero-order chi connectivity index (χ0) is 14.6. The van der Waals surface area contributed by atoms with E-state index >= 15 is 0 Å². The minimum Gasteiger partial charge on any atom is -0.480 e. The van der Waals surface area contributed by atoms with Crippen LogP contribution in [0.5, 0.6) is 0 Å². The molecule has 1 saturated heterocycles. The van der Waals surface area contributed by atoms with Crippen LogP contribution in [0, 0.1) is 0 Å². The van der Waals surface area contributed by atoms with Crippen molar-refractivity contribution < 1.29 is 14.6 Å². The van der Waals surface area contributed by atoms with Gasteiger partial charge in [0, 0.05) is 19.1 Å². The van der Waals surface area contributed by atoms with Gasteiger partial charge in [0.05, 0.1) is 12.7 Å². The summed E-state index contributed by atoms with van der Waals surface area (Å²) in [6.07, 6.45) is 5.55. The summed E-state index contributed by atoms with van der Waals surface area (Å²) in [6.45, 7) is 7.16. The van der Waals surface area contributed by atoms with Crippen molar-refractivity contribution in [1.82, 2.24) is 10.2 Å². The Morgan fingerprint density at radius 2 is 2.30 bits per heavy atom. The molecule has 3 atom stereocenters. The molecule has 5 heteroatoms. The maximum absolute atomic E-state index is 11.5. The Morgan fingerprint density at radius 1 is 1.50 bits per heavy atom. The van der Waals surface area contributed by atoms with Gasteiger partial charge in [0.15, 0.2) is 0 Å². The number of nitrogens with one attached hydrogen (secondary N) is 1. The van der Waals surface area contributed by atoms with Crippen LogP contribution < -0.4 is 5.32 Å². The van der Waals surface area contributed by atoms with E-state index in [4.69, 9.17) is 4.74 Å². The Hall–Kier alpha value is -0.650. The third-order valence-corrected chi connectivity index (χ3v) is 4.73. The summed E-state index contributed by atoms with van der Waals surface area (Å²) in [7, 11) is 0. The van der Waals surface area contributed by atoms with Gasteiger partial charge in [-0.05, 0) is 45.6 Å². The Morgan fingerprint density at radius 3 is 3.00 bits per heavy atom. The molecular formula is C15H28N2O3. The lowest BCUT2D eigenvalue weighted by Gasteiger charge is -2.39. The van der Waals surface area contributed by atoms with Crippen LogP contribution in [-0.4, -0.2) is 59.9 Å². The van der Waals surface area contributed by atoms with Crippen molar-refractivity contribution in [3.63, 3.8) is 0 Å². The van der Waals surface area contributed by atoms with E-state index in [1.54, 1.807) is 6.92 Å². The molecule has 0 amide bonds. The second kappa shape index (κ2) is 6.87. The Bertz CT molecular complexity index is 337. The van der Waals surface area contributed by atoms with E-state index in [-0.39, 0.29) is 0 Å². The number of morpholine rings is 1. The SMILES string of the molecule is CCCNC(C)(CCN1CCOC2CCCC21)C(=O)O. The number of ether oxygens (including phenoxy) is 1. The van der Waals surface area contributed by atoms with Crippen LogP contribution in [0.15, 0.2) is 0 Å². The summed E-state index contributed by atoms with van der Waals surface area (Å²) in [6, 6.07) is 0.507. The fraction of sp³-hybridized carbons (Fsp3) is 0.933. The van der Waals surface area contributed by atoms with Crippen molar-refractivity contribution in [2.75, 3.05) is 26.2 Å². The highest BCUT2D eigenvalue weighted by atomic mass is 16.5. The molecule has 2 aliphatic rings. The van der Waals surface area contributed by atoms with Gasteiger partial charge in [-0.2, -0.15) is 0 Å². The minimum absolute atomic E-state index is 0.378. The number of nitrogens with zero attached hydrogens (tertiary/aromatic N) is 1. The second-order valence-electron chi connectivity index (χ2n) is 6.26. The number of hydrogen-bond acceptors (Lipinski definition) is 4. The van der Waals surface area contributed by atoms with E-state index in [2.05, 4.69) is 17.1 Å². The van der Waals surface area contributed by atoms with Crippen LogP contribution in [0.2, 0.25) is 0 Å². The number of carbonyl (C=O) groups is 1. The van der Waals surface area contributed by atoms with Gasteiger partial charge >= 0.3 is 5.97 Å². The summed E-state index contributed by atoms with van der Waals surface area (Å²) >= 11 is 0. The number of aliphatic carboxylic acids is 1.